The van der Waals surface area contributed by atoms with Crippen molar-refractivity contribution in [3.05, 3.63) is 11.3 Å². The van der Waals surface area contributed by atoms with Gasteiger partial charge in [0.25, 0.3) is 0 Å². The first-order valence-corrected chi connectivity index (χ1v) is 6.15. The van der Waals surface area contributed by atoms with E-state index in [-0.39, 0.29) is 5.91 Å². The number of rotatable bonds is 2. The maximum atomic E-state index is 12.2. The molecule has 1 fully saturated rings. The lowest BCUT2D eigenvalue weighted by Gasteiger charge is -2.31. The fraction of sp³-hybridized carbons (Fsp3) is 0.667. The van der Waals surface area contributed by atoms with Gasteiger partial charge in [-0.3, -0.25) is 9.89 Å². The molecule has 0 unspecified atom stereocenters. The highest BCUT2D eigenvalue weighted by atomic mass is 16.2. The van der Waals surface area contributed by atoms with Gasteiger partial charge < -0.3 is 11.1 Å². The van der Waals surface area contributed by atoms with Crippen LogP contribution in [0.5, 0.6) is 0 Å². The number of amides is 1. The van der Waals surface area contributed by atoms with Crippen molar-refractivity contribution in [2.45, 2.75) is 51.5 Å². The molecule has 0 saturated heterocycles. The predicted octanol–water partition coefficient (Wildman–Crippen LogP) is 1.63. The zero-order valence-electron chi connectivity index (χ0n) is 10.5. The van der Waals surface area contributed by atoms with Gasteiger partial charge in [-0.2, -0.15) is 5.10 Å². The molecule has 4 N–H and O–H groups in total. The Morgan fingerprint density at radius 3 is 2.53 bits per heavy atom. The fourth-order valence-corrected chi connectivity index (χ4v) is 2.25. The van der Waals surface area contributed by atoms with Crippen LogP contribution in [-0.4, -0.2) is 21.6 Å². The monoisotopic (exact) mass is 236 g/mol. The average molecular weight is 236 g/mol. The van der Waals surface area contributed by atoms with E-state index in [2.05, 4.69) is 15.5 Å². The normalized spacial score (nSPS) is 19.0. The smallest absolute Gasteiger partial charge is 0.245 e. The number of nitrogens with two attached hydrogens (primary N) is 1. The average Bonchev–Trinajstić information content (AvgIpc) is 2.62. The third-order valence-electron chi connectivity index (χ3n) is 3.68. The molecule has 1 saturated carbocycles. The number of carbonyl (C=O) groups excluding carboxylic acids is 1. The van der Waals surface area contributed by atoms with Gasteiger partial charge in [0.2, 0.25) is 5.91 Å². The molecule has 0 spiro atoms. The van der Waals surface area contributed by atoms with Crippen molar-refractivity contribution >= 4 is 11.7 Å². The molecule has 1 heterocycles. The predicted molar refractivity (Wildman–Crippen MR) is 66.7 cm³/mol. The summed E-state index contributed by atoms with van der Waals surface area (Å²) >= 11 is 0. The van der Waals surface area contributed by atoms with Gasteiger partial charge >= 0.3 is 0 Å². The van der Waals surface area contributed by atoms with Gasteiger partial charge in [0.05, 0.1) is 5.54 Å². The molecular weight excluding hydrogens is 216 g/mol. The Labute approximate surface area is 101 Å². The minimum absolute atomic E-state index is 0.105. The van der Waals surface area contributed by atoms with Gasteiger partial charge in [-0.1, -0.05) is 19.3 Å². The number of H-pyrrole nitrogens is 1. The first-order chi connectivity index (χ1) is 8.03. The number of hydrogen-bond acceptors (Lipinski definition) is 3. The molecule has 1 amide bonds. The second kappa shape index (κ2) is 4.49. The Morgan fingerprint density at radius 1 is 1.35 bits per heavy atom. The topological polar surface area (TPSA) is 83.8 Å². The van der Waals surface area contributed by atoms with Crippen LogP contribution in [-0.2, 0) is 4.79 Å². The molecule has 0 atom stereocenters. The zero-order chi connectivity index (χ0) is 12.5. The summed E-state index contributed by atoms with van der Waals surface area (Å²) in [4.78, 5) is 12.2. The molecule has 0 bridgehead atoms. The van der Waals surface area contributed by atoms with Crippen LogP contribution in [0.25, 0.3) is 0 Å². The van der Waals surface area contributed by atoms with Crippen molar-refractivity contribution in [1.29, 1.82) is 0 Å². The van der Waals surface area contributed by atoms with Crippen molar-refractivity contribution < 1.29 is 4.79 Å². The van der Waals surface area contributed by atoms with Crippen molar-refractivity contribution in [2.75, 3.05) is 5.32 Å². The van der Waals surface area contributed by atoms with Gasteiger partial charge in [-0.15, -0.1) is 0 Å². The third kappa shape index (κ3) is 2.34. The lowest BCUT2D eigenvalue weighted by Crippen LogP contribution is -2.52. The van der Waals surface area contributed by atoms with E-state index >= 15 is 0 Å². The SMILES string of the molecule is Cc1[nH]nc(NC(=O)C2(N)CCCCC2)c1C. The first-order valence-electron chi connectivity index (χ1n) is 6.15. The molecule has 5 nitrogen and oxygen atoms in total. The molecule has 1 aromatic rings. The number of aromatic nitrogens is 2. The van der Waals surface area contributed by atoms with Gasteiger partial charge in [-0.05, 0) is 26.7 Å². The van der Waals surface area contributed by atoms with E-state index < -0.39 is 5.54 Å². The van der Waals surface area contributed by atoms with E-state index in [4.69, 9.17) is 5.73 Å². The summed E-state index contributed by atoms with van der Waals surface area (Å²) in [5, 5.41) is 9.76. The van der Waals surface area contributed by atoms with E-state index in [1.807, 2.05) is 13.8 Å². The lowest BCUT2D eigenvalue weighted by atomic mass is 9.82. The van der Waals surface area contributed by atoms with Gasteiger partial charge in [0.1, 0.15) is 0 Å². The Bertz CT molecular complexity index is 418. The van der Waals surface area contributed by atoms with E-state index in [1.165, 1.54) is 6.42 Å². The van der Waals surface area contributed by atoms with Crippen LogP contribution in [0.15, 0.2) is 0 Å². The maximum absolute atomic E-state index is 12.2. The van der Waals surface area contributed by atoms with Crippen LogP contribution in [0, 0.1) is 13.8 Å². The Kier molecular flexibility index (Phi) is 3.19. The Balaban J connectivity index is 2.08. The van der Waals surface area contributed by atoms with Crippen molar-refractivity contribution in [3.8, 4) is 0 Å². The quantitative estimate of drug-likeness (QED) is 0.729. The molecule has 1 aliphatic carbocycles. The Morgan fingerprint density at radius 2 is 2.00 bits per heavy atom. The highest BCUT2D eigenvalue weighted by molar-refractivity contribution is 5.97. The molecular formula is C12H20N4O. The molecule has 1 aromatic heterocycles. The van der Waals surface area contributed by atoms with E-state index in [1.54, 1.807) is 0 Å². The maximum Gasteiger partial charge on any atom is 0.245 e. The third-order valence-corrected chi connectivity index (χ3v) is 3.68. The number of anilines is 1. The minimum atomic E-state index is -0.711. The van der Waals surface area contributed by atoms with E-state index in [9.17, 15) is 4.79 Å². The van der Waals surface area contributed by atoms with Crippen molar-refractivity contribution in [3.63, 3.8) is 0 Å². The van der Waals surface area contributed by atoms with Crippen LogP contribution >= 0.6 is 0 Å². The van der Waals surface area contributed by atoms with Crippen LogP contribution in [0.1, 0.15) is 43.4 Å². The number of nitrogens with one attached hydrogen (secondary N) is 2. The largest absolute Gasteiger partial charge is 0.317 e. The summed E-state index contributed by atoms with van der Waals surface area (Å²) in [6.07, 6.45) is 4.76. The van der Waals surface area contributed by atoms with E-state index in [0.717, 1.165) is 36.9 Å². The number of nitrogens with zero attached hydrogens (tertiary/aromatic N) is 1. The second-order valence-corrected chi connectivity index (χ2v) is 4.99. The summed E-state index contributed by atoms with van der Waals surface area (Å²) in [7, 11) is 0. The number of carbonyl (C=O) groups is 1. The number of aromatic amines is 1. The number of aryl methyl sites for hydroxylation is 1. The fourth-order valence-electron chi connectivity index (χ4n) is 2.25. The molecule has 0 radical (unpaired) electrons. The summed E-state index contributed by atoms with van der Waals surface area (Å²) in [5.74, 6) is 0.495. The molecule has 17 heavy (non-hydrogen) atoms. The lowest BCUT2D eigenvalue weighted by molar-refractivity contribution is -0.122. The first kappa shape index (κ1) is 12.1. The van der Waals surface area contributed by atoms with Crippen LogP contribution in [0.4, 0.5) is 5.82 Å². The number of hydrogen-bond donors (Lipinski definition) is 3. The summed E-state index contributed by atoms with van der Waals surface area (Å²) in [6.45, 7) is 3.86. The summed E-state index contributed by atoms with van der Waals surface area (Å²) < 4.78 is 0. The van der Waals surface area contributed by atoms with Crippen molar-refractivity contribution in [1.82, 2.24) is 10.2 Å². The standard InChI is InChI=1S/C12H20N4O/c1-8-9(2)15-16-10(8)14-11(17)12(13)6-4-3-5-7-12/h3-7,13H2,1-2H3,(H2,14,15,16,17). The zero-order valence-corrected chi connectivity index (χ0v) is 10.5. The summed E-state index contributed by atoms with van der Waals surface area (Å²) in [5.41, 5.74) is 7.38. The highest BCUT2D eigenvalue weighted by Gasteiger charge is 2.35. The second-order valence-electron chi connectivity index (χ2n) is 4.99. The van der Waals surface area contributed by atoms with Crippen molar-refractivity contribution in [2.24, 2.45) is 5.73 Å². The van der Waals surface area contributed by atoms with Gasteiger partial charge in [-0.25, -0.2) is 0 Å². The minimum Gasteiger partial charge on any atom is -0.317 e. The summed E-state index contributed by atoms with van der Waals surface area (Å²) in [6, 6.07) is 0. The van der Waals surface area contributed by atoms with E-state index in [0.29, 0.717) is 5.82 Å². The molecule has 0 aliphatic heterocycles. The van der Waals surface area contributed by atoms with Gasteiger partial charge in [0, 0.05) is 11.3 Å². The molecule has 0 aromatic carbocycles. The molecule has 94 valence electrons. The molecule has 1 aliphatic rings. The molecule has 2 rings (SSSR count). The molecule has 5 heteroatoms. The van der Waals surface area contributed by atoms with Crippen LogP contribution in [0.2, 0.25) is 0 Å². The van der Waals surface area contributed by atoms with Crippen LogP contribution < -0.4 is 11.1 Å². The Hall–Kier alpha value is -1.36. The van der Waals surface area contributed by atoms with Crippen LogP contribution in [0.3, 0.4) is 0 Å². The van der Waals surface area contributed by atoms with Gasteiger partial charge in [0.15, 0.2) is 5.82 Å². The highest BCUT2D eigenvalue weighted by Crippen LogP contribution is 2.27.